The van der Waals surface area contributed by atoms with Crippen molar-refractivity contribution in [3.63, 3.8) is 0 Å². The molecule has 0 amide bonds. The minimum absolute atomic E-state index is 0.960. The molecule has 0 radical (unpaired) electrons. The van der Waals surface area contributed by atoms with Crippen molar-refractivity contribution in [2.24, 2.45) is 0 Å². The molecule has 0 saturated carbocycles. The topological polar surface area (TPSA) is 0 Å². The van der Waals surface area contributed by atoms with Gasteiger partial charge in [-0.2, -0.15) is 0 Å². The first kappa shape index (κ1) is 22.8. The van der Waals surface area contributed by atoms with E-state index in [-0.39, 0.29) is 0 Å². The normalized spacial score (nSPS) is 10.4. The Morgan fingerprint density at radius 2 is 1.06 bits per heavy atom. The molecule has 0 aliphatic heterocycles. The number of hydrogen-bond donors (Lipinski definition) is 0. The van der Waals surface area contributed by atoms with Gasteiger partial charge in [0.1, 0.15) is 0 Å². The lowest BCUT2D eigenvalue weighted by molar-refractivity contribution is 1.63. The minimum Gasteiger partial charge on any atom is -0.0912 e. The molecule has 4 aromatic rings. The average molecular weight is 437 g/mol. The summed E-state index contributed by atoms with van der Waals surface area (Å²) in [5, 5.41) is 2.39. The van der Waals surface area contributed by atoms with Crippen LogP contribution in [0.15, 0.2) is 158 Å². The molecule has 34 heavy (non-hydrogen) atoms. The van der Waals surface area contributed by atoms with E-state index in [4.69, 9.17) is 0 Å². The Morgan fingerprint density at radius 3 is 1.85 bits per heavy atom. The lowest BCUT2D eigenvalue weighted by Gasteiger charge is -2.04. The Labute approximate surface area is 202 Å². The van der Waals surface area contributed by atoms with Crippen molar-refractivity contribution in [1.82, 2.24) is 0 Å². The highest BCUT2D eigenvalue weighted by Crippen LogP contribution is 2.26. The summed E-state index contributed by atoms with van der Waals surface area (Å²) >= 11 is 0. The van der Waals surface area contributed by atoms with Gasteiger partial charge in [-0.25, -0.2) is 0 Å². The second-order valence-electron chi connectivity index (χ2n) is 7.91. The Kier molecular flexibility index (Phi) is 8.03. The van der Waals surface area contributed by atoms with Crippen LogP contribution in [-0.2, 0) is 0 Å². The smallest absolute Gasteiger partial charge is 0.0105 e. The number of allylic oxidation sites excluding steroid dienone is 2. The molecule has 4 rings (SSSR count). The lowest BCUT2D eigenvalue weighted by atomic mass is 10.00. The molecule has 0 heteroatoms. The first-order valence-corrected chi connectivity index (χ1v) is 11.5. The SMILES string of the molecule is C=C(/C=C\c1ccccc1)c1ccccccc(-c2cccccccc3ccccc23)cc1. The highest BCUT2D eigenvalue weighted by atomic mass is 14.0. The van der Waals surface area contributed by atoms with Gasteiger partial charge in [0.25, 0.3) is 0 Å². The van der Waals surface area contributed by atoms with E-state index in [0.717, 1.165) is 22.3 Å². The first-order chi connectivity index (χ1) is 16.8. The van der Waals surface area contributed by atoms with Gasteiger partial charge in [-0.1, -0.05) is 164 Å². The first-order valence-electron chi connectivity index (χ1n) is 11.5. The van der Waals surface area contributed by atoms with E-state index in [9.17, 15) is 0 Å². The van der Waals surface area contributed by atoms with Gasteiger partial charge in [-0.3, -0.25) is 0 Å². The number of hydrogen-bond acceptors (Lipinski definition) is 0. The molecule has 0 bridgehead atoms. The van der Waals surface area contributed by atoms with Gasteiger partial charge >= 0.3 is 0 Å². The van der Waals surface area contributed by atoms with E-state index in [2.05, 4.69) is 134 Å². The summed E-state index contributed by atoms with van der Waals surface area (Å²) < 4.78 is 0. The van der Waals surface area contributed by atoms with Gasteiger partial charge < -0.3 is 0 Å². The summed E-state index contributed by atoms with van der Waals surface area (Å²) in [6, 6.07) is 50.3. The maximum absolute atomic E-state index is 4.32. The number of benzene rings is 2. The lowest BCUT2D eigenvalue weighted by Crippen LogP contribution is -1.79. The van der Waals surface area contributed by atoms with Crippen LogP contribution in [-0.4, -0.2) is 0 Å². The summed E-state index contributed by atoms with van der Waals surface area (Å²) in [7, 11) is 0. The van der Waals surface area contributed by atoms with Gasteiger partial charge in [0.2, 0.25) is 0 Å². The fraction of sp³-hybridized carbons (Fsp3) is 0. The fourth-order valence-electron chi connectivity index (χ4n) is 3.72. The number of rotatable bonds is 4. The summed E-state index contributed by atoms with van der Waals surface area (Å²) in [6.45, 7) is 4.32. The van der Waals surface area contributed by atoms with Gasteiger partial charge in [-0.15, -0.1) is 0 Å². The van der Waals surface area contributed by atoms with Crippen LogP contribution < -0.4 is 0 Å². The zero-order chi connectivity index (χ0) is 23.4. The maximum atomic E-state index is 4.32. The quantitative estimate of drug-likeness (QED) is 0.279. The van der Waals surface area contributed by atoms with E-state index >= 15 is 0 Å². The molecule has 164 valence electrons. The van der Waals surface area contributed by atoms with Crippen molar-refractivity contribution in [2.75, 3.05) is 0 Å². The summed E-state index contributed by atoms with van der Waals surface area (Å²) in [5.74, 6) is 0. The predicted molar refractivity (Wildman–Crippen MR) is 149 cm³/mol. The van der Waals surface area contributed by atoms with Crippen LogP contribution in [0.4, 0.5) is 0 Å². The van der Waals surface area contributed by atoms with Crippen LogP contribution in [0.3, 0.4) is 0 Å². The summed E-state index contributed by atoms with van der Waals surface area (Å²) in [6.07, 6.45) is 4.17. The third-order valence-corrected chi connectivity index (χ3v) is 5.52. The second kappa shape index (κ2) is 12.0. The highest BCUT2D eigenvalue weighted by molar-refractivity contribution is 5.95. The maximum Gasteiger partial charge on any atom is -0.0105 e. The third-order valence-electron chi connectivity index (χ3n) is 5.52. The molecule has 0 heterocycles. The zero-order valence-electron chi connectivity index (χ0n) is 19.2. The van der Waals surface area contributed by atoms with Crippen molar-refractivity contribution in [1.29, 1.82) is 0 Å². The predicted octanol–water partition coefficient (Wildman–Crippen LogP) is 9.48. The van der Waals surface area contributed by atoms with Crippen molar-refractivity contribution >= 4 is 22.4 Å². The Balaban J connectivity index is 1.86. The molecule has 0 N–H and O–H groups in total. The molecule has 0 unspecified atom stereocenters. The fourth-order valence-corrected chi connectivity index (χ4v) is 3.72. The van der Waals surface area contributed by atoms with Crippen LogP contribution in [0.2, 0.25) is 0 Å². The van der Waals surface area contributed by atoms with Crippen LogP contribution in [0.5, 0.6) is 0 Å². The molecular weight excluding hydrogens is 408 g/mol. The second-order valence-corrected chi connectivity index (χ2v) is 7.91. The third kappa shape index (κ3) is 6.31. The molecule has 0 atom stereocenters. The number of fused-ring (bicyclic) bond motifs is 1. The largest absolute Gasteiger partial charge is 0.0912 e. The molecule has 0 saturated heterocycles. The molecule has 0 aliphatic rings. The summed E-state index contributed by atoms with van der Waals surface area (Å²) in [5.41, 5.74) is 5.48. The van der Waals surface area contributed by atoms with Gasteiger partial charge in [0.15, 0.2) is 0 Å². The van der Waals surface area contributed by atoms with E-state index in [1.54, 1.807) is 0 Å². The molecule has 0 fully saturated rings. The van der Waals surface area contributed by atoms with Crippen molar-refractivity contribution in [3.8, 4) is 11.1 Å². The van der Waals surface area contributed by atoms with Gasteiger partial charge in [-0.05, 0) is 38.6 Å². The van der Waals surface area contributed by atoms with E-state index in [1.807, 2.05) is 30.3 Å². The zero-order valence-corrected chi connectivity index (χ0v) is 19.2. The Morgan fingerprint density at radius 1 is 0.500 bits per heavy atom. The van der Waals surface area contributed by atoms with Gasteiger partial charge in [0, 0.05) is 0 Å². The van der Waals surface area contributed by atoms with E-state index < -0.39 is 0 Å². The van der Waals surface area contributed by atoms with Gasteiger partial charge in [0.05, 0.1) is 0 Å². The minimum atomic E-state index is 0.960. The van der Waals surface area contributed by atoms with E-state index in [1.165, 1.54) is 16.3 Å². The van der Waals surface area contributed by atoms with Crippen molar-refractivity contribution in [2.45, 2.75) is 0 Å². The van der Waals surface area contributed by atoms with Crippen molar-refractivity contribution in [3.05, 3.63) is 169 Å². The van der Waals surface area contributed by atoms with Crippen LogP contribution >= 0.6 is 0 Å². The van der Waals surface area contributed by atoms with Crippen LogP contribution in [0.1, 0.15) is 11.1 Å². The summed E-state index contributed by atoms with van der Waals surface area (Å²) in [4.78, 5) is 0. The highest BCUT2D eigenvalue weighted by Gasteiger charge is 2.00. The van der Waals surface area contributed by atoms with Crippen LogP contribution in [0, 0.1) is 0 Å². The molecular formula is C34H28. The molecule has 4 aromatic carbocycles. The molecule has 0 aliphatic carbocycles. The molecule has 0 nitrogen and oxygen atoms in total. The molecule has 0 spiro atoms. The molecule has 0 aromatic heterocycles. The average Bonchev–Trinajstić information content (AvgIpc) is 2.89. The van der Waals surface area contributed by atoms with Crippen molar-refractivity contribution < 1.29 is 0 Å². The Hall–Kier alpha value is -4.42. The monoisotopic (exact) mass is 436 g/mol. The Bertz CT molecular complexity index is 1410. The van der Waals surface area contributed by atoms with E-state index in [0.29, 0.717) is 0 Å². The van der Waals surface area contributed by atoms with Crippen LogP contribution in [0.25, 0.3) is 33.5 Å². The standard InChI is InChI=1S/C34H28/c1-28(24-25-29-16-8-7-9-17-29)30-18-10-5-6-12-20-32(27-26-30)34-22-13-4-2-3-11-19-31-21-14-15-23-33(31)34/h2-27H,1H2/b3-2?,4-2?,6-5?,10-5?,11-3?,12-6?,13-4?,18-10?,19-11?,20-12?,22-13?,25-24-,27-26?,30-18?,30-26?,31-19?,32-20?,32-27?,34-22?,34-33?.